The minimum atomic E-state index is -3.31. The molecule has 4 rings (SSSR count). The molecule has 0 unspecified atom stereocenters. The second-order valence-corrected chi connectivity index (χ2v) is 8.21. The molecule has 2 aliphatic rings. The van der Waals surface area contributed by atoms with Crippen LogP contribution in [-0.2, 0) is 19.5 Å². The van der Waals surface area contributed by atoms with Gasteiger partial charge in [-0.25, -0.2) is 28.1 Å². The van der Waals surface area contributed by atoms with Gasteiger partial charge in [-0.15, -0.1) is 0 Å². The van der Waals surface area contributed by atoms with Crippen molar-refractivity contribution in [1.82, 2.24) is 24.2 Å². The van der Waals surface area contributed by atoms with Gasteiger partial charge in [-0.3, -0.25) is 4.57 Å². The van der Waals surface area contributed by atoms with Gasteiger partial charge in [0.15, 0.2) is 11.5 Å². The van der Waals surface area contributed by atoms with Crippen molar-refractivity contribution in [1.29, 1.82) is 0 Å². The fourth-order valence-electron chi connectivity index (χ4n) is 3.09. The van der Waals surface area contributed by atoms with E-state index in [0.29, 0.717) is 36.6 Å². The molecule has 0 bridgehead atoms. The number of anilines is 1. The first-order chi connectivity index (χ1) is 12.0. The highest BCUT2D eigenvalue weighted by molar-refractivity contribution is 7.89. The molecular formula is C14H20N6O4S. The van der Waals surface area contributed by atoms with Gasteiger partial charge < -0.3 is 15.2 Å². The molecule has 0 radical (unpaired) electrons. The summed E-state index contributed by atoms with van der Waals surface area (Å²) >= 11 is 0. The summed E-state index contributed by atoms with van der Waals surface area (Å²) < 4.78 is 39.5. The average Bonchev–Trinajstić information content (AvgIpc) is 3.16. The molecule has 4 heterocycles. The number of nitrogen functional groups attached to an aromatic ring is 1. The van der Waals surface area contributed by atoms with Crippen LogP contribution in [0.2, 0.25) is 0 Å². The van der Waals surface area contributed by atoms with Crippen molar-refractivity contribution < 1.29 is 17.9 Å². The smallest absolute Gasteiger partial charge is 0.212 e. The second-order valence-electron chi connectivity index (χ2n) is 6.33. The lowest BCUT2D eigenvalue weighted by Crippen LogP contribution is -2.49. The molecule has 2 aromatic rings. The summed E-state index contributed by atoms with van der Waals surface area (Å²) in [5, 5.41) is 0. The number of sulfonamides is 1. The van der Waals surface area contributed by atoms with Gasteiger partial charge in [0, 0.05) is 0 Å². The van der Waals surface area contributed by atoms with E-state index in [-0.39, 0.29) is 24.1 Å². The fraction of sp³-hybridized carbons (Fsp3) is 0.643. The number of hydrogen-bond acceptors (Lipinski definition) is 8. The molecule has 3 N–H and O–H groups in total. The lowest BCUT2D eigenvalue weighted by Gasteiger charge is -2.26. The number of hydrogen-bond donors (Lipinski definition) is 2. The highest BCUT2D eigenvalue weighted by Gasteiger charge is 2.30. The number of rotatable bonds is 6. The molecule has 2 aliphatic heterocycles. The van der Waals surface area contributed by atoms with E-state index in [1.54, 1.807) is 6.33 Å². The van der Waals surface area contributed by atoms with E-state index in [9.17, 15) is 8.42 Å². The molecule has 2 fully saturated rings. The van der Waals surface area contributed by atoms with Crippen molar-refractivity contribution in [3.05, 3.63) is 12.7 Å². The van der Waals surface area contributed by atoms with Crippen LogP contribution in [0.15, 0.2) is 12.7 Å². The standard InChI is InChI=1S/C14H20N6O4S/c15-13-12-14(17-7-16-13)20(8-18-12)11-2-1-10(24-11)3-4-25(21,22)19-9-5-23-6-9/h7-11,19H,1-6H2,(H2,15,16,17)/t10-,11+/m0/s1. The maximum atomic E-state index is 12.0. The van der Waals surface area contributed by atoms with Crippen LogP contribution in [0.3, 0.4) is 0 Å². The molecule has 0 spiro atoms. The normalized spacial score (nSPS) is 24.6. The monoisotopic (exact) mass is 368 g/mol. The van der Waals surface area contributed by atoms with Crippen LogP contribution < -0.4 is 10.5 Å². The van der Waals surface area contributed by atoms with Crippen molar-refractivity contribution >= 4 is 27.0 Å². The summed E-state index contributed by atoms with van der Waals surface area (Å²) in [7, 11) is -3.31. The van der Waals surface area contributed by atoms with Crippen LogP contribution in [0.25, 0.3) is 11.2 Å². The third-order valence-electron chi connectivity index (χ3n) is 4.48. The number of ether oxygens (including phenoxy) is 2. The van der Waals surface area contributed by atoms with Crippen LogP contribution in [0.4, 0.5) is 5.82 Å². The van der Waals surface area contributed by atoms with Gasteiger partial charge in [0.25, 0.3) is 0 Å². The Hall–Kier alpha value is -1.82. The maximum Gasteiger partial charge on any atom is 0.212 e. The molecule has 136 valence electrons. The van der Waals surface area contributed by atoms with Gasteiger partial charge in [-0.1, -0.05) is 0 Å². The number of fused-ring (bicyclic) bond motifs is 1. The second kappa shape index (κ2) is 6.48. The summed E-state index contributed by atoms with van der Waals surface area (Å²) in [5.74, 6) is 0.371. The average molecular weight is 368 g/mol. The molecule has 0 saturated carbocycles. The Balaban J connectivity index is 1.37. The zero-order chi connectivity index (χ0) is 17.4. The lowest BCUT2D eigenvalue weighted by molar-refractivity contribution is 0.00193. The molecule has 0 aromatic carbocycles. The third-order valence-corrected chi connectivity index (χ3v) is 5.94. The van der Waals surface area contributed by atoms with E-state index >= 15 is 0 Å². The SMILES string of the molecule is Nc1ncnc2c1ncn2[C@H]1CC[C@@H](CCS(=O)(=O)NC2COC2)O1. The zero-order valence-electron chi connectivity index (χ0n) is 13.5. The molecule has 25 heavy (non-hydrogen) atoms. The highest BCUT2D eigenvalue weighted by atomic mass is 32.2. The van der Waals surface area contributed by atoms with E-state index < -0.39 is 10.0 Å². The number of nitrogens with zero attached hydrogens (tertiary/aromatic N) is 4. The van der Waals surface area contributed by atoms with E-state index in [2.05, 4.69) is 19.7 Å². The Kier molecular flexibility index (Phi) is 4.31. The predicted molar refractivity (Wildman–Crippen MR) is 89.0 cm³/mol. The Morgan fingerprint density at radius 2 is 2.12 bits per heavy atom. The van der Waals surface area contributed by atoms with Gasteiger partial charge in [-0.05, 0) is 19.3 Å². The molecule has 11 heteroatoms. The van der Waals surface area contributed by atoms with Crippen molar-refractivity contribution in [2.75, 3.05) is 24.7 Å². The van der Waals surface area contributed by atoms with Gasteiger partial charge in [-0.2, -0.15) is 0 Å². The topological polar surface area (TPSA) is 134 Å². The van der Waals surface area contributed by atoms with Crippen molar-refractivity contribution in [2.24, 2.45) is 0 Å². The zero-order valence-corrected chi connectivity index (χ0v) is 14.4. The van der Waals surface area contributed by atoms with E-state index in [0.717, 1.165) is 12.8 Å². The minimum absolute atomic E-state index is 0.0423. The Labute approximate surface area is 144 Å². The highest BCUT2D eigenvalue weighted by Crippen LogP contribution is 2.32. The minimum Gasteiger partial charge on any atom is -0.382 e. The summed E-state index contributed by atoms with van der Waals surface area (Å²) in [5.41, 5.74) is 6.96. The molecule has 0 aliphatic carbocycles. The predicted octanol–water partition coefficient (Wildman–Crippen LogP) is -0.206. The van der Waals surface area contributed by atoms with E-state index in [1.807, 2.05) is 4.57 Å². The van der Waals surface area contributed by atoms with Gasteiger partial charge >= 0.3 is 0 Å². The fourth-order valence-corrected chi connectivity index (χ4v) is 4.42. The quantitative estimate of drug-likeness (QED) is 0.715. The van der Waals surface area contributed by atoms with Gasteiger partial charge in [0.1, 0.15) is 18.1 Å². The Morgan fingerprint density at radius 1 is 1.28 bits per heavy atom. The Morgan fingerprint density at radius 3 is 2.88 bits per heavy atom. The van der Waals surface area contributed by atoms with E-state index in [1.165, 1.54) is 6.33 Å². The largest absolute Gasteiger partial charge is 0.382 e. The van der Waals surface area contributed by atoms with Gasteiger partial charge in [0.2, 0.25) is 10.0 Å². The van der Waals surface area contributed by atoms with Gasteiger partial charge in [0.05, 0.1) is 37.4 Å². The first kappa shape index (κ1) is 16.6. The maximum absolute atomic E-state index is 12.0. The summed E-state index contributed by atoms with van der Waals surface area (Å²) in [4.78, 5) is 12.4. The van der Waals surface area contributed by atoms with Crippen LogP contribution in [0, 0.1) is 0 Å². The van der Waals surface area contributed by atoms with Crippen molar-refractivity contribution in [3.8, 4) is 0 Å². The number of aromatic nitrogens is 4. The van der Waals surface area contributed by atoms with Crippen LogP contribution in [0.5, 0.6) is 0 Å². The molecular weight excluding hydrogens is 348 g/mol. The van der Waals surface area contributed by atoms with E-state index in [4.69, 9.17) is 15.2 Å². The molecule has 2 atom stereocenters. The molecule has 10 nitrogen and oxygen atoms in total. The number of nitrogens with one attached hydrogen (secondary N) is 1. The van der Waals surface area contributed by atoms with Crippen molar-refractivity contribution in [2.45, 2.75) is 37.6 Å². The molecule has 0 amide bonds. The van der Waals surface area contributed by atoms with Crippen LogP contribution in [0.1, 0.15) is 25.5 Å². The first-order valence-electron chi connectivity index (χ1n) is 8.18. The Bertz CT molecular complexity index is 865. The van der Waals surface area contributed by atoms with Crippen LogP contribution >= 0.6 is 0 Å². The number of imidazole rings is 1. The van der Waals surface area contributed by atoms with Crippen LogP contribution in [-0.4, -0.2) is 59.0 Å². The molecule has 2 aromatic heterocycles. The first-order valence-corrected chi connectivity index (χ1v) is 9.83. The van der Waals surface area contributed by atoms with Crippen molar-refractivity contribution in [3.63, 3.8) is 0 Å². The summed E-state index contributed by atoms with van der Waals surface area (Å²) in [6.45, 7) is 0.889. The lowest BCUT2D eigenvalue weighted by atomic mass is 10.2. The number of nitrogens with two attached hydrogens (primary N) is 1. The summed E-state index contributed by atoms with van der Waals surface area (Å²) in [6, 6.07) is -0.0929. The third kappa shape index (κ3) is 3.45. The molecule has 2 saturated heterocycles. The summed E-state index contributed by atoms with van der Waals surface area (Å²) in [6.07, 6.45) is 4.69.